The standard InChI is InChI=1S/C17H22FNO6S/c1-17(2,3)25-16(21)19-10-13(9-14(19)15(20)24-4)26(22,23)12-7-5-11(18)6-8-12/h5-8,13-14H,9-10H2,1-4H3/t13-,14+/m1/s1. The van der Waals surface area contributed by atoms with Crippen LogP contribution in [0.5, 0.6) is 0 Å². The molecule has 1 aromatic carbocycles. The van der Waals surface area contributed by atoms with Crippen molar-refractivity contribution in [2.24, 2.45) is 0 Å². The van der Waals surface area contributed by atoms with E-state index in [-0.39, 0.29) is 17.9 Å². The van der Waals surface area contributed by atoms with Crippen molar-refractivity contribution in [2.75, 3.05) is 13.7 Å². The van der Waals surface area contributed by atoms with Gasteiger partial charge in [0.25, 0.3) is 0 Å². The van der Waals surface area contributed by atoms with Crippen molar-refractivity contribution in [1.82, 2.24) is 4.90 Å². The van der Waals surface area contributed by atoms with Gasteiger partial charge in [-0.3, -0.25) is 4.90 Å². The summed E-state index contributed by atoms with van der Waals surface area (Å²) in [4.78, 5) is 25.4. The molecule has 26 heavy (non-hydrogen) atoms. The number of amides is 1. The van der Waals surface area contributed by atoms with Crippen molar-refractivity contribution in [3.05, 3.63) is 30.1 Å². The number of halogens is 1. The number of sulfone groups is 1. The lowest BCUT2D eigenvalue weighted by Crippen LogP contribution is -2.44. The number of methoxy groups -OCH3 is 1. The predicted octanol–water partition coefficient (Wildman–Crippen LogP) is 2.15. The van der Waals surface area contributed by atoms with E-state index in [0.29, 0.717) is 0 Å². The maximum Gasteiger partial charge on any atom is 0.411 e. The van der Waals surface area contributed by atoms with E-state index in [9.17, 15) is 22.4 Å². The van der Waals surface area contributed by atoms with Gasteiger partial charge in [0.15, 0.2) is 9.84 Å². The average Bonchev–Trinajstić information content (AvgIpc) is 2.99. The number of carbonyl (C=O) groups is 2. The molecule has 1 amide bonds. The maximum absolute atomic E-state index is 13.1. The van der Waals surface area contributed by atoms with E-state index in [1.807, 2.05) is 0 Å². The van der Waals surface area contributed by atoms with Crippen LogP contribution in [0.15, 0.2) is 29.2 Å². The quantitative estimate of drug-likeness (QED) is 0.583. The van der Waals surface area contributed by atoms with Crippen LogP contribution in [-0.2, 0) is 24.1 Å². The first-order valence-corrected chi connectivity index (χ1v) is 9.57. The second-order valence-electron chi connectivity index (χ2n) is 7.03. The molecule has 2 atom stereocenters. The lowest BCUT2D eigenvalue weighted by molar-refractivity contribution is -0.145. The molecule has 7 nitrogen and oxygen atoms in total. The summed E-state index contributed by atoms with van der Waals surface area (Å²) in [6.07, 6.45) is -0.907. The third-order valence-electron chi connectivity index (χ3n) is 3.94. The van der Waals surface area contributed by atoms with E-state index in [1.165, 1.54) is 0 Å². The lowest BCUT2D eigenvalue weighted by Gasteiger charge is -2.27. The summed E-state index contributed by atoms with van der Waals surface area (Å²) in [6, 6.07) is 3.35. The Kier molecular flexibility index (Phi) is 5.60. The molecular formula is C17H22FNO6S. The molecule has 2 rings (SSSR count). The molecule has 0 aliphatic carbocycles. The van der Waals surface area contributed by atoms with Crippen molar-refractivity contribution in [1.29, 1.82) is 0 Å². The van der Waals surface area contributed by atoms with Crippen LogP contribution in [0.3, 0.4) is 0 Å². The number of hydrogen-bond donors (Lipinski definition) is 0. The average molecular weight is 387 g/mol. The first-order valence-electron chi connectivity index (χ1n) is 8.02. The monoisotopic (exact) mass is 387 g/mol. The zero-order chi connectivity index (χ0) is 19.7. The van der Waals surface area contributed by atoms with Crippen LogP contribution in [0.25, 0.3) is 0 Å². The highest BCUT2D eigenvalue weighted by molar-refractivity contribution is 7.92. The molecule has 9 heteroatoms. The van der Waals surface area contributed by atoms with Crippen molar-refractivity contribution in [2.45, 2.75) is 49.0 Å². The molecule has 1 fully saturated rings. The molecule has 1 aliphatic heterocycles. The van der Waals surface area contributed by atoms with Gasteiger partial charge in [0, 0.05) is 6.54 Å². The first kappa shape index (κ1) is 20.2. The largest absolute Gasteiger partial charge is 0.467 e. The molecule has 1 saturated heterocycles. The Hall–Kier alpha value is -2.16. The fourth-order valence-electron chi connectivity index (χ4n) is 2.72. The van der Waals surface area contributed by atoms with Gasteiger partial charge in [0.05, 0.1) is 17.3 Å². The van der Waals surface area contributed by atoms with E-state index < -0.39 is 44.6 Å². The van der Waals surface area contributed by atoms with Gasteiger partial charge in [0.1, 0.15) is 17.5 Å². The van der Waals surface area contributed by atoms with Crippen molar-refractivity contribution in [3.63, 3.8) is 0 Å². The Morgan fingerprint density at radius 2 is 1.77 bits per heavy atom. The van der Waals surface area contributed by atoms with Gasteiger partial charge in [-0.25, -0.2) is 22.4 Å². The van der Waals surface area contributed by atoms with Crippen molar-refractivity contribution < 1.29 is 31.9 Å². The topological polar surface area (TPSA) is 90.0 Å². The van der Waals surface area contributed by atoms with E-state index >= 15 is 0 Å². The highest BCUT2D eigenvalue weighted by atomic mass is 32.2. The van der Waals surface area contributed by atoms with Crippen LogP contribution in [0, 0.1) is 5.82 Å². The van der Waals surface area contributed by atoms with E-state index in [2.05, 4.69) is 0 Å². The zero-order valence-corrected chi connectivity index (χ0v) is 15.9. The number of ether oxygens (including phenoxy) is 2. The van der Waals surface area contributed by atoms with Crippen LogP contribution in [-0.4, -0.2) is 55.9 Å². The van der Waals surface area contributed by atoms with Gasteiger partial charge in [0.2, 0.25) is 0 Å². The summed E-state index contributed by atoms with van der Waals surface area (Å²) in [6.45, 7) is 4.79. The Labute approximate surface area is 152 Å². The highest BCUT2D eigenvalue weighted by Gasteiger charge is 2.47. The molecule has 0 unspecified atom stereocenters. The summed E-state index contributed by atoms with van der Waals surface area (Å²) in [5.74, 6) is -1.27. The molecule has 0 N–H and O–H groups in total. The van der Waals surface area contributed by atoms with Crippen molar-refractivity contribution in [3.8, 4) is 0 Å². The molecule has 1 aromatic rings. The van der Waals surface area contributed by atoms with Gasteiger partial charge in [-0.05, 0) is 51.5 Å². The van der Waals surface area contributed by atoms with Gasteiger partial charge in [-0.15, -0.1) is 0 Å². The summed E-state index contributed by atoms with van der Waals surface area (Å²) >= 11 is 0. The second-order valence-corrected chi connectivity index (χ2v) is 9.26. The molecule has 144 valence electrons. The number of rotatable bonds is 3. The number of esters is 1. The van der Waals surface area contributed by atoms with Gasteiger partial charge in [-0.2, -0.15) is 0 Å². The minimum atomic E-state index is -3.86. The molecule has 0 bridgehead atoms. The Balaban J connectivity index is 2.30. The van der Waals surface area contributed by atoms with Crippen molar-refractivity contribution >= 4 is 21.9 Å². The van der Waals surface area contributed by atoms with E-state index in [0.717, 1.165) is 36.3 Å². The number of benzene rings is 1. The van der Waals surface area contributed by atoms with E-state index in [4.69, 9.17) is 9.47 Å². The third-order valence-corrected chi connectivity index (χ3v) is 6.09. The number of hydrogen-bond acceptors (Lipinski definition) is 6. The SMILES string of the molecule is COC(=O)[C@@H]1C[C@@H](S(=O)(=O)c2ccc(F)cc2)CN1C(=O)OC(C)(C)C. The molecule has 0 saturated carbocycles. The minimum Gasteiger partial charge on any atom is -0.467 e. The van der Waals surface area contributed by atoms with Gasteiger partial charge < -0.3 is 9.47 Å². The minimum absolute atomic E-state index is 0.0708. The lowest BCUT2D eigenvalue weighted by atomic mass is 10.2. The smallest absolute Gasteiger partial charge is 0.411 e. The molecule has 1 heterocycles. The van der Waals surface area contributed by atoms with Crippen LogP contribution >= 0.6 is 0 Å². The maximum atomic E-state index is 13.1. The molecule has 0 spiro atoms. The summed E-state index contributed by atoms with van der Waals surface area (Å²) < 4.78 is 48.6. The van der Waals surface area contributed by atoms with Crippen LogP contribution in [0.1, 0.15) is 27.2 Å². The molecular weight excluding hydrogens is 365 g/mol. The number of likely N-dealkylation sites (tertiary alicyclic amines) is 1. The van der Waals surface area contributed by atoms with Gasteiger partial charge in [-0.1, -0.05) is 0 Å². The second kappa shape index (κ2) is 7.22. The summed E-state index contributed by atoms with van der Waals surface area (Å²) in [5, 5.41) is -1.02. The fraction of sp³-hybridized carbons (Fsp3) is 0.529. The van der Waals surface area contributed by atoms with Crippen LogP contribution in [0.4, 0.5) is 9.18 Å². The van der Waals surface area contributed by atoms with Gasteiger partial charge >= 0.3 is 12.1 Å². The van der Waals surface area contributed by atoms with Crippen LogP contribution in [0.2, 0.25) is 0 Å². The Morgan fingerprint density at radius 1 is 1.19 bits per heavy atom. The zero-order valence-electron chi connectivity index (χ0n) is 15.1. The third kappa shape index (κ3) is 4.32. The molecule has 0 aromatic heterocycles. The summed E-state index contributed by atoms with van der Waals surface area (Å²) in [7, 11) is -2.70. The number of carbonyl (C=O) groups excluding carboxylic acids is 2. The fourth-order valence-corrected chi connectivity index (χ4v) is 4.41. The molecule has 1 aliphatic rings. The molecule has 0 radical (unpaired) electrons. The highest BCUT2D eigenvalue weighted by Crippen LogP contribution is 2.30. The van der Waals surface area contributed by atoms with E-state index in [1.54, 1.807) is 20.8 Å². The Bertz CT molecular complexity index is 784. The first-order chi connectivity index (χ1) is 12.0. The normalized spacial score (nSPS) is 20.7. The van der Waals surface area contributed by atoms with Crippen LogP contribution < -0.4 is 0 Å². The Morgan fingerprint density at radius 3 is 2.27 bits per heavy atom. The number of nitrogens with zero attached hydrogens (tertiary/aromatic N) is 1. The summed E-state index contributed by atoms with van der Waals surface area (Å²) in [5.41, 5.74) is -0.800. The predicted molar refractivity (Wildman–Crippen MR) is 90.7 cm³/mol.